The Kier molecular flexibility index (Phi) is 7.03. The quantitative estimate of drug-likeness (QED) is 0.497. The first-order valence-corrected chi connectivity index (χ1v) is 14.1. The first-order chi connectivity index (χ1) is 18.0. The number of hydrogen-bond donors (Lipinski definition) is 2. The maximum atomic E-state index is 12.2. The standard InChI is InChI=1S/C27H40N8O2/c1-18-24(16-35(32-18)22-13-20-7-8-21(14-22)33(20)2)30-27-29-15-23(19-5-6-19)26(31-27)28-9-3-10-34-11-4-12-37-17-25(34)36/h15-16,19-22H,3-14,17H2,1-2H3,(H2,28,29,30,31). The van der Waals surface area contributed by atoms with Gasteiger partial charge in [-0.25, -0.2) is 4.98 Å². The minimum Gasteiger partial charge on any atom is -0.372 e. The summed E-state index contributed by atoms with van der Waals surface area (Å²) in [4.78, 5) is 26.2. The normalized spacial score (nSPS) is 26.4. The maximum absolute atomic E-state index is 12.2. The number of carbonyl (C=O) groups is 1. The number of ether oxygens (including phenoxy) is 1. The molecule has 1 amide bonds. The molecule has 0 aromatic carbocycles. The second-order valence-corrected chi connectivity index (χ2v) is 11.2. The highest BCUT2D eigenvalue weighted by molar-refractivity contribution is 5.77. The molecule has 6 rings (SSSR count). The highest BCUT2D eigenvalue weighted by atomic mass is 16.5. The Morgan fingerprint density at radius 2 is 1.95 bits per heavy atom. The summed E-state index contributed by atoms with van der Waals surface area (Å²) in [6.45, 7) is 5.20. The van der Waals surface area contributed by atoms with Crippen LogP contribution >= 0.6 is 0 Å². The van der Waals surface area contributed by atoms with Gasteiger partial charge in [0.2, 0.25) is 11.9 Å². The number of fused-ring (bicyclic) bond motifs is 2. The van der Waals surface area contributed by atoms with Gasteiger partial charge in [-0.3, -0.25) is 9.48 Å². The molecule has 200 valence electrons. The van der Waals surface area contributed by atoms with Gasteiger partial charge < -0.3 is 25.2 Å². The maximum Gasteiger partial charge on any atom is 0.248 e. The second-order valence-electron chi connectivity index (χ2n) is 11.2. The van der Waals surface area contributed by atoms with E-state index >= 15 is 0 Å². The molecule has 1 saturated carbocycles. The summed E-state index contributed by atoms with van der Waals surface area (Å²) in [6, 6.07) is 1.82. The van der Waals surface area contributed by atoms with E-state index in [1.165, 1.54) is 44.1 Å². The van der Waals surface area contributed by atoms with Gasteiger partial charge in [-0.2, -0.15) is 10.1 Å². The van der Waals surface area contributed by atoms with Crippen molar-refractivity contribution in [1.82, 2.24) is 29.5 Å². The number of nitrogens with one attached hydrogen (secondary N) is 2. The van der Waals surface area contributed by atoms with Gasteiger partial charge in [0.25, 0.3) is 0 Å². The number of aryl methyl sites for hydroxylation is 1. The van der Waals surface area contributed by atoms with E-state index in [4.69, 9.17) is 14.8 Å². The Bertz CT molecular complexity index is 1100. The largest absolute Gasteiger partial charge is 0.372 e. The lowest BCUT2D eigenvalue weighted by atomic mass is 9.98. The molecule has 4 fully saturated rings. The molecule has 0 spiro atoms. The molecular formula is C27H40N8O2. The van der Waals surface area contributed by atoms with E-state index in [1.54, 1.807) is 0 Å². The van der Waals surface area contributed by atoms with Crippen LogP contribution in [0.1, 0.15) is 74.6 Å². The average Bonchev–Trinajstić information content (AvgIpc) is 3.67. The molecule has 2 bridgehead atoms. The molecule has 0 radical (unpaired) electrons. The molecule has 2 N–H and O–H groups in total. The lowest BCUT2D eigenvalue weighted by molar-refractivity contribution is -0.133. The minimum absolute atomic E-state index is 0.0912. The van der Waals surface area contributed by atoms with E-state index in [1.807, 2.05) is 11.1 Å². The number of anilines is 3. The van der Waals surface area contributed by atoms with Gasteiger partial charge >= 0.3 is 0 Å². The molecule has 3 saturated heterocycles. The Labute approximate surface area is 219 Å². The highest BCUT2D eigenvalue weighted by Crippen LogP contribution is 2.43. The smallest absolute Gasteiger partial charge is 0.248 e. The Balaban J connectivity index is 1.09. The fourth-order valence-corrected chi connectivity index (χ4v) is 6.24. The van der Waals surface area contributed by atoms with E-state index in [0.29, 0.717) is 36.6 Å². The zero-order valence-electron chi connectivity index (χ0n) is 22.2. The first-order valence-electron chi connectivity index (χ1n) is 14.1. The van der Waals surface area contributed by atoms with Gasteiger partial charge in [0, 0.05) is 56.3 Å². The van der Waals surface area contributed by atoms with Crippen LogP contribution in [-0.4, -0.2) is 87.4 Å². The molecule has 2 atom stereocenters. The van der Waals surface area contributed by atoms with Crippen molar-refractivity contribution in [2.45, 2.75) is 82.3 Å². The number of rotatable bonds is 9. The van der Waals surface area contributed by atoms with Crippen LogP contribution in [-0.2, 0) is 9.53 Å². The third-order valence-corrected chi connectivity index (χ3v) is 8.64. The molecule has 2 aromatic rings. The molecule has 1 aliphatic carbocycles. The van der Waals surface area contributed by atoms with Crippen molar-refractivity contribution in [2.75, 3.05) is 50.5 Å². The number of nitrogens with zero attached hydrogens (tertiary/aromatic N) is 6. The van der Waals surface area contributed by atoms with Crippen LogP contribution in [0.5, 0.6) is 0 Å². The summed E-state index contributed by atoms with van der Waals surface area (Å²) in [7, 11) is 2.28. The fourth-order valence-electron chi connectivity index (χ4n) is 6.24. The number of carbonyl (C=O) groups excluding carboxylic acids is 1. The van der Waals surface area contributed by atoms with Crippen molar-refractivity contribution in [1.29, 1.82) is 0 Å². The van der Waals surface area contributed by atoms with Crippen LogP contribution < -0.4 is 10.6 Å². The monoisotopic (exact) mass is 508 g/mol. The molecule has 10 heteroatoms. The van der Waals surface area contributed by atoms with Gasteiger partial charge in [0.1, 0.15) is 12.4 Å². The number of hydrogen-bond acceptors (Lipinski definition) is 8. The second kappa shape index (κ2) is 10.6. The lowest BCUT2D eigenvalue weighted by Gasteiger charge is -2.36. The van der Waals surface area contributed by atoms with Gasteiger partial charge in [-0.05, 0) is 71.3 Å². The van der Waals surface area contributed by atoms with Crippen molar-refractivity contribution in [3.8, 4) is 0 Å². The molecule has 4 aliphatic rings. The van der Waals surface area contributed by atoms with Crippen molar-refractivity contribution >= 4 is 23.4 Å². The first kappa shape index (κ1) is 24.6. The number of aromatic nitrogens is 4. The van der Waals surface area contributed by atoms with E-state index in [9.17, 15) is 4.79 Å². The summed E-state index contributed by atoms with van der Waals surface area (Å²) >= 11 is 0. The molecule has 2 aromatic heterocycles. The molecule has 3 aliphatic heterocycles. The van der Waals surface area contributed by atoms with Gasteiger partial charge in [-0.1, -0.05) is 0 Å². The van der Waals surface area contributed by atoms with E-state index in [-0.39, 0.29) is 12.5 Å². The number of amides is 1. The molecule has 37 heavy (non-hydrogen) atoms. The van der Waals surface area contributed by atoms with Crippen molar-refractivity contribution in [2.24, 2.45) is 0 Å². The highest BCUT2D eigenvalue weighted by Gasteiger charge is 2.39. The van der Waals surface area contributed by atoms with Crippen molar-refractivity contribution in [3.63, 3.8) is 0 Å². The van der Waals surface area contributed by atoms with E-state index in [0.717, 1.165) is 49.7 Å². The lowest BCUT2D eigenvalue weighted by Crippen LogP contribution is -2.40. The van der Waals surface area contributed by atoms with Crippen LogP contribution in [0.25, 0.3) is 0 Å². The van der Waals surface area contributed by atoms with Crippen LogP contribution in [0.15, 0.2) is 12.4 Å². The SMILES string of the molecule is Cc1nn(C2CC3CCC(C2)N3C)cc1Nc1ncc(C2CC2)c(NCCCN2CCCOCC2=O)n1. The third-order valence-electron chi connectivity index (χ3n) is 8.64. The molecular weight excluding hydrogens is 468 g/mol. The van der Waals surface area contributed by atoms with E-state index in [2.05, 4.69) is 45.4 Å². The van der Waals surface area contributed by atoms with Crippen LogP contribution in [0.3, 0.4) is 0 Å². The Hall–Kier alpha value is -2.72. The van der Waals surface area contributed by atoms with Crippen LogP contribution in [0, 0.1) is 6.92 Å². The summed E-state index contributed by atoms with van der Waals surface area (Å²) < 4.78 is 7.52. The van der Waals surface area contributed by atoms with Crippen molar-refractivity contribution < 1.29 is 9.53 Å². The molecule has 5 heterocycles. The molecule has 10 nitrogen and oxygen atoms in total. The summed E-state index contributed by atoms with van der Waals surface area (Å²) in [5.41, 5.74) is 3.14. The predicted octanol–water partition coefficient (Wildman–Crippen LogP) is 3.45. The van der Waals surface area contributed by atoms with Crippen molar-refractivity contribution in [3.05, 3.63) is 23.7 Å². The van der Waals surface area contributed by atoms with Gasteiger partial charge in [0.05, 0.1) is 17.4 Å². The van der Waals surface area contributed by atoms with E-state index < -0.39 is 0 Å². The van der Waals surface area contributed by atoms with Crippen LogP contribution in [0.4, 0.5) is 17.5 Å². The third kappa shape index (κ3) is 5.45. The Morgan fingerprint density at radius 3 is 2.73 bits per heavy atom. The fraction of sp³-hybridized carbons (Fsp3) is 0.704. The Morgan fingerprint density at radius 1 is 1.14 bits per heavy atom. The van der Waals surface area contributed by atoms with Gasteiger partial charge in [0.15, 0.2) is 0 Å². The zero-order chi connectivity index (χ0) is 25.4. The van der Waals surface area contributed by atoms with Crippen LogP contribution in [0.2, 0.25) is 0 Å². The molecule has 2 unspecified atom stereocenters. The summed E-state index contributed by atoms with van der Waals surface area (Å²) in [5, 5.41) is 11.8. The predicted molar refractivity (Wildman–Crippen MR) is 142 cm³/mol. The topological polar surface area (TPSA) is 100 Å². The summed E-state index contributed by atoms with van der Waals surface area (Å²) in [5.74, 6) is 2.14. The zero-order valence-corrected chi connectivity index (χ0v) is 22.2. The van der Waals surface area contributed by atoms with Gasteiger partial charge in [-0.15, -0.1) is 0 Å². The summed E-state index contributed by atoms with van der Waals surface area (Å²) in [6.07, 6.45) is 13.2. The number of piperidine rings is 1. The minimum atomic E-state index is 0.0912. The average molecular weight is 509 g/mol.